The van der Waals surface area contributed by atoms with Crippen LogP contribution in [0.25, 0.3) is 0 Å². The third kappa shape index (κ3) is 5.18. The van der Waals surface area contributed by atoms with E-state index in [1.165, 1.54) is 12.1 Å². The van der Waals surface area contributed by atoms with Gasteiger partial charge in [-0.05, 0) is 53.1 Å². The molecular weight excluding hydrogens is 378 g/mol. The minimum atomic E-state index is -1.19. The summed E-state index contributed by atoms with van der Waals surface area (Å²) in [6.07, 6.45) is 0. The maximum absolute atomic E-state index is 10.8. The van der Waals surface area contributed by atoms with Crippen LogP contribution in [0.1, 0.15) is 21.5 Å². The Kier molecular flexibility index (Phi) is 6.40. The first-order chi connectivity index (χ1) is 13.5. The molecule has 0 aliphatic rings. The highest BCUT2D eigenvalue weighted by Crippen LogP contribution is 2.29. The molecule has 144 valence electrons. The molecule has 0 bridgehead atoms. The Morgan fingerprint density at radius 3 is 2.29 bits per heavy atom. The Morgan fingerprint density at radius 1 is 0.964 bits per heavy atom. The third-order valence-corrected chi connectivity index (χ3v) is 4.40. The van der Waals surface area contributed by atoms with Gasteiger partial charge in [-0.2, -0.15) is 0 Å². The van der Waals surface area contributed by atoms with Gasteiger partial charge < -0.3 is 24.7 Å². The number of hydrogen-bond donors (Lipinski definition) is 1. The number of carboxylic acid groups (broad SMARTS) is 1. The van der Waals surface area contributed by atoms with Crippen molar-refractivity contribution in [2.45, 2.75) is 13.2 Å². The topological polar surface area (TPSA) is 70.6 Å². The lowest BCUT2D eigenvalue weighted by Gasteiger charge is -2.13. The average molecular weight is 397 g/mol. The number of carbonyl (C=O) groups is 1. The van der Waals surface area contributed by atoms with Gasteiger partial charge in [0.1, 0.15) is 6.61 Å². The first-order valence-corrected chi connectivity index (χ1v) is 9.02. The second-order valence-corrected chi connectivity index (χ2v) is 6.56. The fraction of sp³-hybridized carbons (Fsp3) is 0.136. The summed E-state index contributed by atoms with van der Waals surface area (Å²) in [5, 5.41) is 14.7. The summed E-state index contributed by atoms with van der Waals surface area (Å²) in [6.45, 7) is 0.967. The van der Waals surface area contributed by atoms with Crippen molar-refractivity contribution in [2.24, 2.45) is 0 Å². The van der Waals surface area contributed by atoms with Crippen LogP contribution in [0.3, 0.4) is 0 Å². The monoisotopic (exact) mass is 396 g/mol. The van der Waals surface area contributed by atoms with Crippen LogP contribution in [-0.4, -0.2) is 13.1 Å². The van der Waals surface area contributed by atoms with E-state index in [0.29, 0.717) is 29.7 Å². The van der Waals surface area contributed by atoms with Gasteiger partial charge >= 0.3 is 0 Å². The lowest BCUT2D eigenvalue weighted by molar-refractivity contribution is -0.255. The summed E-state index contributed by atoms with van der Waals surface area (Å²) in [4.78, 5) is 10.8. The molecule has 0 aliphatic heterocycles. The van der Waals surface area contributed by atoms with E-state index in [1.54, 1.807) is 19.2 Å². The van der Waals surface area contributed by atoms with Gasteiger partial charge in [-0.3, -0.25) is 0 Å². The van der Waals surface area contributed by atoms with Crippen LogP contribution in [0.2, 0.25) is 5.02 Å². The molecule has 0 radical (unpaired) electrons. The van der Waals surface area contributed by atoms with E-state index in [0.717, 1.165) is 16.8 Å². The molecule has 3 rings (SSSR count). The van der Waals surface area contributed by atoms with Crippen LogP contribution in [0.4, 0.5) is 5.69 Å². The van der Waals surface area contributed by atoms with Crippen molar-refractivity contribution in [3.8, 4) is 11.5 Å². The quantitative estimate of drug-likeness (QED) is 0.625. The Bertz CT molecular complexity index is 940. The summed E-state index contributed by atoms with van der Waals surface area (Å²) >= 11 is 5.89. The molecular formula is C22H19ClNO4-. The molecule has 5 nitrogen and oxygen atoms in total. The molecule has 28 heavy (non-hydrogen) atoms. The maximum atomic E-state index is 10.8. The van der Waals surface area contributed by atoms with Crippen molar-refractivity contribution in [1.82, 2.24) is 0 Å². The number of ether oxygens (including phenoxy) is 2. The van der Waals surface area contributed by atoms with E-state index in [9.17, 15) is 9.90 Å². The van der Waals surface area contributed by atoms with E-state index < -0.39 is 5.97 Å². The number of hydrogen-bond acceptors (Lipinski definition) is 5. The standard InChI is InChI=1S/C22H20ClNO4/c1-27-21-12-16(13-24-19-9-5-17(6-10-19)22(25)26)4-11-20(21)28-14-15-2-7-18(23)8-3-15/h2-12,24H,13-14H2,1H3,(H,25,26)/p-1. The first-order valence-electron chi connectivity index (χ1n) is 8.64. The van der Waals surface area contributed by atoms with Crippen molar-refractivity contribution in [1.29, 1.82) is 0 Å². The number of aromatic carboxylic acids is 1. The maximum Gasteiger partial charge on any atom is 0.161 e. The van der Waals surface area contributed by atoms with E-state index in [2.05, 4.69) is 5.32 Å². The van der Waals surface area contributed by atoms with Gasteiger partial charge in [0.15, 0.2) is 11.5 Å². The Hall–Kier alpha value is -3.18. The van der Waals surface area contributed by atoms with Gasteiger partial charge in [0.25, 0.3) is 0 Å². The summed E-state index contributed by atoms with van der Waals surface area (Å²) < 4.78 is 11.3. The number of methoxy groups -OCH3 is 1. The van der Waals surface area contributed by atoms with E-state index >= 15 is 0 Å². The van der Waals surface area contributed by atoms with Crippen molar-refractivity contribution in [3.63, 3.8) is 0 Å². The van der Waals surface area contributed by atoms with Crippen LogP contribution >= 0.6 is 11.6 Å². The molecule has 0 spiro atoms. The number of carboxylic acids is 1. The average Bonchev–Trinajstić information content (AvgIpc) is 2.72. The van der Waals surface area contributed by atoms with Gasteiger partial charge in [0.2, 0.25) is 0 Å². The zero-order valence-corrected chi connectivity index (χ0v) is 16.0. The number of benzene rings is 3. The molecule has 3 aromatic rings. The summed E-state index contributed by atoms with van der Waals surface area (Å²) in [7, 11) is 1.60. The van der Waals surface area contributed by atoms with Crippen LogP contribution < -0.4 is 19.9 Å². The van der Waals surface area contributed by atoms with Crippen molar-refractivity contribution < 1.29 is 19.4 Å². The fourth-order valence-electron chi connectivity index (χ4n) is 2.61. The number of carbonyl (C=O) groups excluding carboxylic acids is 1. The molecule has 0 heterocycles. The van der Waals surface area contributed by atoms with E-state index in [-0.39, 0.29) is 5.56 Å². The van der Waals surface area contributed by atoms with Gasteiger partial charge in [-0.15, -0.1) is 0 Å². The zero-order chi connectivity index (χ0) is 19.9. The van der Waals surface area contributed by atoms with Crippen molar-refractivity contribution in [3.05, 3.63) is 88.4 Å². The Labute approximate surface area is 168 Å². The van der Waals surface area contributed by atoms with Crippen molar-refractivity contribution in [2.75, 3.05) is 12.4 Å². The first kappa shape index (κ1) is 19.6. The minimum Gasteiger partial charge on any atom is -0.545 e. The van der Waals surface area contributed by atoms with Crippen LogP contribution in [0, 0.1) is 0 Å². The predicted molar refractivity (Wildman–Crippen MR) is 107 cm³/mol. The second kappa shape index (κ2) is 9.15. The molecule has 0 saturated carbocycles. The van der Waals surface area contributed by atoms with Crippen molar-refractivity contribution >= 4 is 23.3 Å². The smallest absolute Gasteiger partial charge is 0.161 e. The summed E-state index contributed by atoms with van der Waals surface area (Å²) in [6, 6.07) is 19.6. The number of halogens is 1. The summed E-state index contributed by atoms with van der Waals surface area (Å²) in [5.41, 5.74) is 2.97. The number of rotatable bonds is 8. The Morgan fingerprint density at radius 2 is 1.64 bits per heavy atom. The molecule has 0 fully saturated rings. The van der Waals surface area contributed by atoms with Gasteiger partial charge in [0, 0.05) is 17.3 Å². The predicted octanol–water partition coefficient (Wildman–Crippen LogP) is 3.90. The molecule has 0 aromatic heterocycles. The van der Waals surface area contributed by atoms with Gasteiger partial charge in [0.05, 0.1) is 13.1 Å². The zero-order valence-electron chi connectivity index (χ0n) is 15.3. The Balaban J connectivity index is 1.61. The largest absolute Gasteiger partial charge is 0.545 e. The third-order valence-electron chi connectivity index (χ3n) is 4.15. The lowest BCUT2D eigenvalue weighted by atomic mass is 10.1. The fourth-order valence-corrected chi connectivity index (χ4v) is 2.74. The van der Waals surface area contributed by atoms with Crippen LogP contribution in [-0.2, 0) is 13.2 Å². The molecule has 0 amide bonds. The van der Waals surface area contributed by atoms with Crippen LogP contribution in [0.5, 0.6) is 11.5 Å². The molecule has 0 aliphatic carbocycles. The van der Waals surface area contributed by atoms with E-state index in [4.69, 9.17) is 21.1 Å². The molecule has 3 aromatic carbocycles. The second-order valence-electron chi connectivity index (χ2n) is 6.12. The highest BCUT2D eigenvalue weighted by Gasteiger charge is 2.07. The highest BCUT2D eigenvalue weighted by molar-refractivity contribution is 6.30. The minimum absolute atomic E-state index is 0.148. The highest BCUT2D eigenvalue weighted by atomic mass is 35.5. The SMILES string of the molecule is COc1cc(CNc2ccc(C(=O)[O-])cc2)ccc1OCc1ccc(Cl)cc1. The molecule has 6 heteroatoms. The normalized spacial score (nSPS) is 10.4. The van der Waals surface area contributed by atoms with Crippen LogP contribution in [0.15, 0.2) is 66.7 Å². The molecule has 0 saturated heterocycles. The molecule has 0 atom stereocenters. The lowest BCUT2D eigenvalue weighted by Crippen LogP contribution is -2.21. The number of anilines is 1. The summed E-state index contributed by atoms with van der Waals surface area (Å²) in [5.74, 6) is 0.102. The molecule has 0 unspecified atom stereocenters. The number of nitrogens with one attached hydrogen (secondary N) is 1. The van der Waals surface area contributed by atoms with Gasteiger partial charge in [-0.1, -0.05) is 41.9 Å². The van der Waals surface area contributed by atoms with E-state index in [1.807, 2.05) is 42.5 Å². The van der Waals surface area contributed by atoms with Gasteiger partial charge in [-0.25, -0.2) is 0 Å². The molecule has 1 N–H and O–H groups in total.